The van der Waals surface area contributed by atoms with Gasteiger partial charge < -0.3 is 15.3 Å². The Kier molecular flexibility index (Phi) is 5.00. The van der Waals surface area contributed by atoms with Gasteiger partial charge in [-0.2, -0.15) is 0 Å². The van der Waals surface area contributed by atoms with E-state index in [2.05, 4.69) is 5.32 Å². The van der Waals surface area contributed by atoms with Crippen LogP contribution in [-0.4, -0.2) is 34.6 Å². The second kappa shape index (κ2) is 6.13. The summed E-state index contributed by atoms with van der Waals surface area (Å²) in [6, 6.07) is 6.41. The van der Waals surface area contributed by atoms with Crippen molar-refractivity contribution in [3.05, 3.63) is 34.9 Å². The lowest BCUT2D eigenvalue weighted by atomic mass is 10.0. The standard InChI is InChI=1S/C14H19ClN2O3/c1-9(10-7-5-6-8-11(10)15)16-13(20)17(4)14(2,3)12(18)19/h5-9H,1-4H3,(H,16,20)(H,18,19). The molecule has 110 valence electrons. The van der Waals surface area contributed by atoms with E-state index < -0.39 is 17.5 Å². The van der Waals surface area contributed by atoms with Gasteiger partial charge >= 0.3 is 12.0 Å². The number of benzene rings is 1. The fraction of sp³-hybridized carbons (Fsp3) is 0.429. The second-order valence-electron chi connectivity index (χ2n) is 5.12. The lowest BCUT2D eigenvalue weighted by Gasteiger charge is -2.32. The van der Waals surface area contributed by atoms with Crippen LogP contribution in [0.25, 0.3) is 0 Å². The van der Waals surface area contributed by atoms with Crippen molar-refractivity contribution in [2.45, 2.75) is 32.4 Å². The van der Waals surface area contributed by atoms with Crippen molar-refractivity contribution in [3.8, 4) is 0 Å². The topological polar surface area (TPSA) is 69.6 Å². The molecule has 1 rings (SSSR count). The molecule has 1 unspecified atom stereocenters. The number of likely N-dealkylation sites (N-methyl/N-ethyl adjacent to an activating group) is 1. The number of nitrogens with zero attached hydrogens (tertiary/aromatic N) is 1. The molecule has 6 heteroatoms. The minimum atomic E-state index is -1.29. The van der Waals surface area contributed by atoms with Crippen molar-refractivity contribution in [2.24, 2.45) is 0 Å². The molecule has 0 saturated heterocycles. The summed E-state index contributed by atoms with van der Waals surface area (Å²) in [5, 5.41) is 12.4. The number of rotatable bonds is 4. The van der Waals surface area contributed by atoms with E-state index >= 15 is 0 Å². The van der Waals surface area contributed by atoms with Gasteiger partial charge in [-0.15, -0.1) is 0 Å². The normalized spacial score (nSPS) is 12.7. The van der Waals surface area contributed by atoms with Crippen LogP contribution in [-0.2, 0) is 4.79 Å². The second-order valence-corrected chi connectivity index (χ2v) is 5.52. The molecule has 0 spiro atoms. The SMILES string of the molecule is CC(NC(=O)N(C)C(C)(C)C(=O)O)c1ccccc1Cl. The van der Waals surface area contributed by atoms with E-state index in [0.29, 0.717) is 5.02 Å². The monoisotopic (exact) mass is 298 g/mol. The van der Waals surface area contributed by atoms with Gasteiger partial charge in [-0.05, 0) is 32.4 Å². The fourth-order valence-electron chi connectivity index (χ4n) is 1.58. The van der Waals surface area contributed by atoms with E-state index in [-0.39, 0.29) is 6.04 Å². The molecule has 0 bridgehead atoms. The largest absolute Gasteiger partial charge is 0.480 e. The molecule has 0 aliphatic rings. The number of carbonyl (C=O) groups is 2. The third-order valence-corrected chi connectivity index (χ3v) is 3.72. The average molecular weight is 299 g/mol. The number of hydrogen-bond donors (Lipinski definition) is 2. The van der Waals surface area contributed by atoms with Gasteiger partial charge in [0.2, 0.25) is 0 Å². The van der Waals surface area contributed by atoms with Gasteiger partial charge in [0, 0.05) is 12.1 Å². The number of amides is 2. The van der Waals surface area contributed by atoms with E-state index in [9.17, 15) is 9.59 Å². The number of carbonyl (C=O) groups excluding carboxylic acids is 1. The van der Waals surface area contributed by atoms with Gasteiger partial charge in [0.25, 0.3) is 0 Å². The Hall–Kier alpha value is -1.75. The molecule has 20 heavy (non-hydrogen) atoms. The quantitative estimate of drug-likeness (QED) is 0.898. The van der Waals surface area contributed by atoms with Crippen molar-refractivity contribution in [1.29, 1.82) is 0 Å². The zero-order valence-corrected chi connectivity index (χ0v) is 12.7. The predicted octanol–water partition coefficient (Wildman–Crippen LogP) is 2.91. The van der Waals surface area contributed by atoms with E-state index in [0.717, 1.165) is 10.5 Å². The molecular weight excluding hydrogens is 280 g/mol. The van der Waals surface area contributed by atoms with E-state index in [1.165, 1.54) is 20.9 Å². The molecule has 0 aliphatic heterocycles. The first kappa shape index (κ1) is 16.3. The average Bonchev–Trinajstić information content (AvgIpc) is 2.37. The van der Waals surface area contributed by atoms with Crippen LogP contribution in [0.5, 0.6) is 0 Å². The molecular formula is C14H19ClN2O3. The number of aliphatic carboxylic acids is 1. The summed E-state index contributed by atoms with van der Waals surface area (Å²) in [7, 11) is 1.45. The van der Waals surface area contributed by atoms with Crippen LogP contribution in [0.2, 0.25) is 5.02 Å². The first-order valence-electron chi connectivity index (χ1n) is 6.20. The molecule has 1 aromatic rings. The van der Waals surface area contributed by atoms with Gasteiger partial charge in [0.15, 0.2) is 0 Å². The van der Waals surface area contributed by atoms with Crippen LogP contribution in [0, 0.1) is 0 Å². The molecule has 1 aromatic carbocycles. The lowest BCUT2D eigenvalue weighted by Crippen LogP contribution is -2.54. The smallest absolute Gasteiger partial charge is 0.329 e. The molecule has 2 N–H and O–H groups in total. The summed E-state index contributed by atoms with van der Waals surface area (Å²) in [4.78, 5) is 24.4. The summed E-state index contributed by atoms with van der Waals surface area (Å²) in [5.41, 5.74) is -0.506. The minimum Gasteiger partial charge on any atom is -0.480 e. The number of carboxylic acid groups (broad SMARTS) is 1. The molecule has 0 aliphatic carbocycles. The number of halogens is 1. The Bertz CT molecular complexity index is 517. The van der Waals surface area contributed by atoms with Crippen LogP contribution in [0.4, 0.5) is 4.79 Å². The van der Waals surface area contributed by atoms with Crippen LogP contribution in [0.3, 0.4) is 0 Å². The molecule has 0 radical (unpaired) electrons. The molecule has 0 saturated carbocycles. The van der Waals surface area contributed by atoms with Crippen molar-refractivity contribution in [2.75, 3.05) is 7.05 Å². The zero-order valence-electron chi connectivity index (χ0n) is 12.0. The van der Waals surface area contributed by atoms with Crippen LogP contribution < -0.4 is 5.32 Å². The minimum absolute atomic E-state index is 0.316. The molecule has 0 aromatic heterocycles. The maximum Gasteiger partial charge on any atom is 0.329 e. The third-order valence-electron chi connectivity index (χ3n) is 3.38. The van der Waals surface area contributed by atoms with E-state index in [1.807, 2.05) is 12.1 Å². The maximum absolute atomic E-state index is 12.1. The first-order valence-corrected chi connectivity index (χ1v) is 6.58. The van der Waals surface area contributed by atoms with E-state index in [4.69, 9.17) is 16.7 Å². The Balaban J connectivity index is 2.81. The predicted molar refractivity (Wildman–Crippen MR) is 77.9 cm³/mol. The molecule has 0 fully saturated rings. The first-order chi connectivity index (χ1) is 9.17. The number of urea groups is 1. The Morgan fingerprint density at radius 2 is 1.90 bits per heavy atom. The summed E-state index contributed by atoms with van der Waals surface area (Å²) < 4.78 is 0. The Labute approximate surface area is 123 Å². The number of nitrogens with one attached hydrogen (secondary N) is 1. The van der Waals surface area contributed by atoms with Crippen LogP contribution in [0.1, 0.15) is 32.4 Å². The highest BCUT2D eigenvalue weighted by Crippen LogP contribution is 2.23. The Morgan fingerprint density at radius 1 is 1.35 bits per heavy atom. The van der Waals surface area contributed by atoms with Gasteiger partial charge in [-0.1, -0.05) is 29.8 Å². The lowest BCUT2D eigenvalue weighted by molar-refractivity contribution is -0.146. The van der Waals surface area contributed by atoms with Crippen molar-refractivity contribution in [1.82, 2.24) is 10.2 Å². The molecule has 0 heterocycles. The summed E-state index contributed by atoms with van der Waals surface area (Å²) in [5.74, 6) is -1.07. The highest BCUT2D eigenvalue weighted by Gasteiger charge is 2.35. The summed E-state index contributed by atoms with van der Waals surface area (Å²) in [6.07, 6.45) is 0. The van der Waals surface area contributed by atoms with Gasteiger partial charge in [0.05, 0.1) is 6.04 Å². The van der Waals surface area contributed by atoms with Gasteiger partial charge in [-0.3, -0.25) is 0 Å². The van der Waals surface area contributed by atoms with Crippen molar-refractivity contribution >= 4 is 23.6 Å². The van der Waals surface area contributed by atoms with Crippen LogP contribution in [0.15, 0.2) is 24.3 Å². The summed E-state index contributed by atoms with van der Waals surface area (Å²) >= 11 is 6.06. The molecule has 1 atom stereocenters. The highest BCUT2D eigenvalue weighted by atomic mass is 35.5. The number of hydrogen-bond acceptors (Lipinski definition) is 2. The maximum atomic E-state index is 12.1. The van der Waals surface area contributed by atoms with Crippen molar-refractivity contribution < 1.29 is 14.7 Å². The van der Waals surface area contributed by atoms with Crippen LogP contribution >= 0.6 is 11.6 Å². The zero-order chi connectivity index (χ0) is 15.5. The fourth-order valence-corrected chi connectivity index (χ4v) is 1.88. The van der Waals surface area contributed by atoms with Crippen molar-refractivity contribution in [3.63, 3.8) is 0 Å². The number of carboxylic acids is 1. The molecule has 5 nitrogen and oxygen atoms in total. The van der Waals surface area contributed by atoms with Gasteiger partial charge in [0.1, 0.15) is 5.54 Å². The third kappa shape index (κ3) is 3.42. The summed E-state index contributed by atoms with van der Waals surface area (Å²) in [6.45, 7) is 4.73. The highest BCUT2D eigenvalue weighted by molar-refractivity contribution is 6.31. The Morgan fingerprint density at radius 3 is 2.40 bits per heavy atom. The van der Waals surface area contributed by atoms with Gasteiger partial charge in [-0.25, -0.2) is 9.59 Å². The molecule has 2 amide bonds. The van der Waals surface area contributed by atoms with E-state index in [1.54, 1.807) is 19.1 Å².